The number of nitro groups is 1. The Labute approximate surface area is 193 Å². The van der Waals surface area contributed by atoms with Gasteiger partial charge < -0.3 is 4.74 Å². The highest BCUT2D eigenvalue weighted by Crippen LogP contribution is 2.30. The summed E-state index contributed by atoms with van der Waals surface area (Å²) in [6.45, 7) is 3.17. The van der Waals surface area contributed by atoms with E-state index in [9.17, 15) is 29.3 Å². The van der Waals surface area contributed by atoms with Crippen LogP contribution in [0, 0.1) is 24.0 Å². The summed E-state index contributed by atoms with van der Waals surface area (Å²) in [4.78, 5) is 61.8. The summed E-state index contributed by atoms with van der Waals surface area (Å²) in [6, 6.07) is 14.3. The van der Waals surface area contributed by atoms with Crippen LogP contribution in [0.5, 0.6) is 0 Å². The van der Waals surface area contributed by atoms with Crippen LogP contribution in [-0.2, 0) is 4.74 Å². The maximum absolute atomic E-state index is 12.9. The quantitative estimate of drug-likeness (QED) is 0.179. The fourth-order valence-corrected chi connectivity index (χ4v) is 3.65. The van der Waals surface area contributed by atoms with Crippen molar-refractivity contribution in [3.05, 3.63) is 104 Å². The van der Waals surface area contributed by atoms with Crippen molar-refractivity contribution in [2.75, 3.05) is 11.5 Å². The van der Waals surface area contributed by atoms with Crippen LogP contribution in [0.2, 0.25) is 0 Å². The number of imide groups is 1. The number of esters is 1. The zero-order valence-electron chi connectivity index (χ0n) is 18.2. The summed E-state index contributed by atoms with van der Waals surface area (Å²) >= 11 is 0. The van der Waals surface area contributed by atoms with Gasteiger partial charge in [-0.3, -0.25) is 24.5 Å². The van der Waals surface area contributed by atoms with Crippen molar-refractivity contribution in [3.63, 3.8) is 0 Å². The third-order valence-electron chi connectivity index (χ3n) is 5.47. The highest BCUT2D eigenvalue weighted by molar-refractivity contribution is 6.34. The van der Waals surface area contributed by atoms with Crippen molar-refractivity contribution >= 4 is 34.9 Å². The Morgan fingerprint density at radius 1 is 0.912 bits per heavy atom. The molecule has 0 aromatic heterocycles. The van der Waals surface area contributed by atoms with Gasteiger partial charge in [0, 0.05) is 17.7 Å². The van der Waals surface area contributed by atoms with Crippen molar-refractivity contribution in [1.29, 1.82) is 0 Å². The van der Waals surface area contributed by atoms with E-state index >= 15 is 0 Å². The van der Waals surface area contributed by atoms with Gasteiger partial charge in [-0.1, -0.05) is 17.7 Å². The number of aryl methyl sites for hydroxylation is 2. The van der Waals surface area contributed by atoms with Gasteiger partial charge in [0.1, 0.15) is 0 Å². The number of carbonyl (C=O) groups excluding carboxylic acids is 4. The minimum absolute atomic E-state index is 0.00124. The van der Waals surface area contributed by atoms with Gasteiger partial charge in [-0.15, -0.1) is 0 Å². The first-order valence-electron chi connectivity index (χ1n) is 10.2. The van der Waals surface area contributed by atoms with Gasteiger partial charge in [0.2, 0.25) is 5.78 Å². The molecule has 0 spiro atoms. The minimum atomic E-state index is -0.810. The van der Waals surface area contributed by atoms with E-state index in [0.29, 0.717) is 5.56 Å². The van der Waals surface area contributed by atoms with Gasteiger partial charge >= 0.3 is 5.97 Å². The van der Waals surface area contributed by atoms with Crippen LogP contribution < -0.4 is 4.90 Å². The number of anilines is 1. The fourth-order valence-electron chi connectivity index (χ4n) is 3.65. The van der Waals surface area contributed by atoms with Crippen LogP contribution >= 0.6 is 0 Å². The number of nitro benzene ring substituents is 1. The van der Waals surface area contributed by atoms with E-state index in [2.05, 4.69) is 0 Å². The van der Waals surface area contributed by atoms with E-state index in [4.69, 9.17) is 4.74 Å². The largest absolute Gasteiger partial charge is 0.454 e. The fraction of sp³-hybridized carbons (Fsp3) is 0.120. The van der Waals surface area contributed by atoms with Crippen molar-refractivity contribution < 1.29 is 28.8 Å². The van der Waals surface area contributed by atoms with Gasteiger partial charge in [-0.2, -0.15) is 0 Å². The molecule has 0 saturated heterocycles. The first-order chi connectivity index (χ1) is 16.2. The molecular formula is C25H18N2O7. The van der Waals surface area contributed by atoms with Crippen molar-refractivity contribution in [3.8, 4) is 0 Å². The van der Waals surface area contributed by atoms with E-state index < -0.39 is 29.3 Å². The van der Waals surface area contributed by atoms with Crippen LogP contribution in [-0.4, -0.2) is 35.1 Å². The summed E-state index contributed by atoms with van der Waals surface area (Å²) in [7, 11) is 0. The minimum Gasteiger partial charge on any atom is -0.454 e. The lowest BCUT2D eigenvalue weighted by Crippen LogP contribution is -2.29. The molecule has 1 heterocycles. The summed E-state index contributed by atoms with van der Waals surface area (Å²) in [5.74, 6) is -2.45. The van der Waals surface area contributed by atoms with Gasteiger partial charge in [0.15, 0.2) is 6.61 Å². The average molecular weight is 458 g/mol. The molecule has 0 fully saturated rings. The molecule has 0 radical (unpaired) electrons. The normalized spacial score (nSPS) is 12.5. The molecular weight excluding hydrogens is 440 g/mol. The summed E-state index contributed by atoms with van der Waals surface area (Å²) < 4.78 is 5.15. The third kappa shape index (κ3) is 4.06. The molecule has 2 amide bonds. The zero-order valence-corrected chi connectivity index (χ0v) is 18.2. The summed E-state index contributed by atoms with van der Waals surface area (Å²) in [6.07, 6.45) is 0. The number of non-ortho nitro benzene ring substituents is 1. The van der Waals surface area contributed by atoms with E-state index in [1.807, 2.05) is 19.1 Å². The van der Waals surface area contributed by atoms with Gasteiger partial charge in [0.05, 0.1) is 27.3 Å². The third-order valence-corrected chi connectivity index (χ3v) is 5.47. The molecule has 0 saturated carbocycles. The molecule has 170 valence electrons. The number of amides is 2. The van der Waals surface area contributed by atoms with E-state index in [1.165, 1.54) is 42.5 Å². The number of benzene rings is 3. The Bertz CT molecular complexity index is 1380. The molecule has 0 bridgehead atoms. The molecule has 4 rings (SSSR count). The van der Waals surface area contributed by atoms with Crippen LogP contribution in [0.15, 0.2) is 60.7 Å². The molecule has 3 aromatic rings. The SMILES string of the molecule is Cc1ccc(C)c(C(=O)COC(=O)c2ccc3c(c2)C(=O)N(c2ccc([N+](=O)[O-])cc2)C3=O)c1. The molecule has 1 aliphatic heterocycles. The molecule has 0 atom stereocenters. The molecule has 1 aliphatic rings. The van der Waals surface area contributed by atoms with Crippen LogP contribution in [0.3, 0.4) is 0 Å². The second-order valence-electron chi connectivity index (χ2n) is 7.80. The lowest BCUT2D eigenvalue weighted by molar-refractivity contribution is -0.384. The Kier molecular flexibility index (Phi) is 5.77. The van der Waals surface area contributed by atoms with Crippen LogP contribution in [0.4, 0.5) is 11.4 Å². The van der Waals surface area contributed by atoms with E-state index in [1.54, 1.807) is 13.0 Å². The summed E-state index contributed by atoms with van der Waals surface area (Å²) in [5.41, 5.74) is 2.21. The molecule has 0 N–H and O–H groups in total. The topological polar surface area (TPSA) is 124 Å². The lowest BCUT2D eigenvalue weighted by Gasteiger charge is -2.13. The predicted octanol–water partition coefficient (Wildman–Crippen LogP) is 4.05. The number of ether oxygens (including phenoxy) is 1. The summed E-state index contributed by atoms with van der Waals surface area (Å²) in [5, 5.41) is 10.8. The number of rotatable bonds is 6. The Hall–Kier alpha value is -4.66. The Morgan fingerprint density at radius 2 is 1.59 bits per heavy atom. The van der Waals surface area contributed by atoms with Crippen molar-refractivity contribution in [1.82, 2.24) is 0 Å². The number of hydrogen-bond donors (Lipinski definition) is 0. The highest BCUT2D eigenvalue weighted by atomic mass is 16.6. The number of carbonyl (C=O) groups is 4. The van der Waals surface area contributed by atoms with Gasteiger partial charge in [-0.05, 0) is 55.8 Å². The molecule has 0 unspecified atom stereocenters. The molecule has 9 nitrogen and oxygen atoms in total. The van der Waals surface area contributed by atoms with E-state index in [0.717, 1.165) is 16.0 Å². The molecule has 3 aromatic carbocycles. The van der Waals surface area contributed by atoms with Gasteiger partial charge in [-0.25, -0.2) is 9.69 Å². The second kappa shape index (κ2) is 8.70. The van der Waals surface area contributed by atoms with Crippen LogP contribution in [0.25, 0.3) is 0 Å². The lowest BCUT2D eigenvalue weighted by atomic mass is 10.0. The zero-order chi connectivity index (χ0) is 24.6. The maximum Gasteiger partial charge on any atom is 0.338 e. The number of hydrogen-bond acceptors (Lipinski definition) is 7. The predicted molar refractivity (Wildman–Crippen MR) is 121 cm³/mol. The molecule has 34 heavy (non-hydrogen) atoms. The smallest absolute Gasteiger partial charge is 0.338 e. The number of Topliss-reactive ketones (excluding diaryl/α,β-unsaturated/α-hetero) is 1. The van der Waals surface area contributed by atoms with Crippen molar-refractivity contribution in [2.24, 2.45) is 0 Å². The first kappa shape index (κ1) is 22.5. The highest BCUT2D eigenvalue weighted by Gasteiger charge is 2.37. The van der Waals surface area contributed by atoms with Crippen molar-refractivity contribution in [2.45, 2.75) is 13.8 Å². The standard InChI is InChI=1S/C25H18N2O7/c1-14-3-4-15(2)20(11-14)22(28)13-34-25(31)16-5-10-19-21(12-16)24(30)26(23(19)29)17-6-8-18(9-7-17)27(32)33/h3-12H,13H2,1-2H3. The average Bonchev–Trinajstić information content (AvgIpc) is 3.08. The number of ketones is 1. The van der Waals surface area contributed by atoms with E-state index in [-0.39, 0.29) is 33.8 Å². The Balaban J connectivity index is 1.51. The second-order valence-corrected chi connectivity index (χ2v) is 7.80. The maximum atomic E-state index is 12.9. The Morgan fingerprint density at radius 3 is 2.26 bits per heavy atom. The monoisotopic (exact) mass is 458 g/mol. The van der Waals surface area contributed by atoms with Gasteiger partial charge in [0.25, 0.3) is 17.5 Å². The molecule has 9 heteroatoms. The van der Waals surface area contributed by atoms with Crippen LogP contribution in [0.1, 0.15) is 52.6 Å². The number of nitrogens with zero attached hydrogens (tertiary/aromatic N) is 2. The number of fused-ring (bicyclic) bond motifs is 1. The molecule has 0 aliphatic carbocycles. The first-order valence-corrected chi connectivity index (χ1v) is 10.2.